The third-order valence-corrected chi connectivity index (χ3v) is 24.6. The fraction of sp³-hybridized carbons (Fsp3) is 0.309. The maximum atomic E-state index is 13.6. The number of aryl methyl sites for hydroxylation is 1. The number of nitrogens with one attached hydrogen (secondary N) is 8. The Hall–Kier alpha value is -13.8. The van der Waals surface area contributed by atoms with Gasteiger partial charge in [-0.2, -0.15) is 0 Å². The van der Waals surface area contributed by atoms with E-state index < -0.39 is 5.92 Å². The highest BCUT2D eigenvalue weighted by Gasteiger charge is 2.38. The van der Waals surface area contributed by atoms with Gasteiger partial charge in [-0.15, -0.1) is 0 Å². The van der Waals surface area contributed by atoms with Crippen molar-refractivity contribution in [2.75, 3.05) is 40.9 Å². The number of fused-ring (bicyclic) bond motifs is 4. The van der Waals surface area contributed by atoms with Crippen LogP contribution in [-0.4, -0.2) is 83.2 Å². The molecule has 8 N–H and O–H groups in total. The van der Waals surface area contributed by atoms with Crippen LogP contribution in [0.5, 0.6) is 0 Å². The normalized spacial score (nSPS) is 17.4. The number of halogens is 3. The first kappa shape index (κ1) is 100. The minimum absolute atomic E-state index is 0.00241. The maximum Gasteiger partial charge on any atom is 0.270 e. The summed E-state index contributed by atoms with van der Waals surface area (Å²) >= 11 is 6.03. The molecule has 10 amide bonds. The van der Waals surface area contributed by atoms with E-state index in [9.17, 15) is 56.7 Å². The molecule has 22 nitrogen and oxygen atoms in total. The van der Waals surface area contributed by atoms with Gasteiger partial charge in [0.05, 0.1) is 12.1 Å². The number of hydrogen-bond acceptors (Lipinski definition) is 12. The van der Waals surface area contributed by atoms with Crippen molar-refractivity contribution >= 4 is 116 Å². The Kier molecular flexibility index (Phi) is 33.6. The molecule has 0 unspecified atom stereocenters. The first-order valence-corrected chi connectivity index (χ1v) is 46.3. The molecule has 8 atom stereocenters. The Morgan fingerprint density at radius 3 is 0.933 bits per heavy atom. The molecule has 11 aromatic carbocycles. The summed E-state index contributed by atoms with van der Waals surface area (Å²) in [6.07, 6.45) is 4.37. The van der Waals surface area contributed by atoms with Gasteiger partial charge in [-0.25, -0.2) is 8.78 Å². The number of amides is 10. The molecule has 4 aliphatic rings. The predicted molar refractivity (Wildman–Crippen MR) is 536 cm³/mol. The van der Waals surface area contributed by atoms with Crippen molar-refractivity contribution in [1.29, 1.82) is 0 Å². The summed E-state index contributed by atoms with van der Waals surface area (Å²) in [4.78, 5) is 128. The van der Waals surface area contributed by atoms with E-state index in [1.807, 2.05) is 257 Å². The second kappa shape index (κ2) is 45.3. The number of rotatable bonds is 22. The average Bonchev–Trinajstić information content (AvgIpc) is 0.779. The van der Waals surface area contributed by atoms with Crippen LogP contribution in [0.25, 0.3) is 44.5 Å². The third kappa shape index (κ3) is 26.6. The monoisotopic (exact) mass is 1840 g/mol. The van der Waals surface area contributed by atoms with E-state index in [1.54, 1.807) is 49.6 Å². The summed E-state index contributed by atoms with van der Waals surface area (Å²) in [5.74, 6) is -3.07. The molecule has 0 aromatic heterocycles. The molecule has 0 bridgehead atoms. The lowest BCUT2D eigenvalue weighted by Crippen LogP contribution is -2.45. The number of benzene rings is 11. The van der Waals surface area contributed by atoms with E-state index in [4.69, 9.17) is 11.6 Å². The van der Waals surface area contributed by atoms with Crippen molar-refractivity contribution in [2.24, 2.45) is 5.92 Å². The zero-order valence-electron chi connectivity index (χ0n) is 79.2. The van der Waals surface area contributed by atoms with Gasteiger partial charge in [0, 0.05) is 181 Å². The average molecular weight is 1840 g/mol. The molecule has 0 saturated heterocycles. The van der Waals surface area contributed by atoms with Crippen LogP contribution in [0.15, 0.2) is 249 Å². The molecule has 15 rings (SSSR count). The number of anilines is 8. The summed E-state index contributed by atoms with van der Waals surface area (Å²) in [5, 5.41) is 25.7. The van der Waals surface area contributed by atoms with Crippen LogP contribution >= 0.6 is 11.6 Å². The van der Waals surface area contributed by atoms with Crippen LogP contribution in [0.4, 0.5) is 54.3 Å². The minimum atomic E-state index is -2.87. The fourth-order valence-electron chi connectivity index (χ4n) is 18.5. The zero-order chi connectivity index (χ0) is 97.2. The van der Waals surface area contributed by atoms with Gasteiger partial charge in [0.25, 0.3) is 5.92 Å². The number of carbonyl (C=O) groups is 10. The zero-order valence-corrected chi connectivity index (χ0v) is 80.0. The maximum absolute atomic E-state index is 13.6. The predicted octanol–water partition coefficient (Wildman–Crippen LogP) is 22.2. The van der Waals surface area contributed by atoms with Crippen LogP contribution < -0.4 is 62.1 Å². The van der Waals surface area contributed by atoms with Gasteiger partial charge in [-0.3, -0.25) is 47.9 Å². The number of carbonyl (C=O) groups excluding carboxylic acids is 10. The molecule has 0 spiro atoms. The van der Waals surface area contributed by atoms with E-state index in [1.165, 1.54) is 39.8 Å². The first-order valence-electron chi connectivity index (χ1n) is 45.9. The van der Waals surface area contributed by atoms with Gasteiger partial charge in [-0.1, -0.05) is 165 Å². The van der Waals surface area contributed by atoms with E-state index in [2.05, 4.69) is 61.6 Å². The van der Waals surface area contributed by atoms with Gasteiger partial charge in [0.2, 0.25) is 59.1 Å². The largest absolute Gasteiger partial charge is 0.349 e. The smallest absolute Gasteiger partial charge is 0.270 e. The van der Waals surface area contributed by atoms with Gasteiger partial charge < -0.3 is 62.1 Å². The molecule has 0 saturated carbocycles. The fourth-order valence-corrected chi connectivity index (χ4v) is 18.6. The lowest BCUT2D eigenvalue weighted by Gasteiger charge is -2.39. The molecular formula is C110H121ClF2N12O10. The molecule has 702 valence electrons. The van der Waals surface area contributed by atoms with Gasteiger partial charge in [0.1, 0.15) is 0 Å². The Balaban J connectivity index is 0.000000162. The first-order chi connectivity index (χ1) is 64.3. The van der Waals surface area contributed by atoms with Crippen molar-refractivity contribution in [3.8, 4) is 44.5 Å². The van der Waals surface area contributed by atoms with E-state index in [0.29, 0.717) is 57.3 Å². The van der Waals surface area contributed by atoms with E-state index in [-0.39, 0.29) is 119 Å². The van der Waals surface area contributed by atoms with E-state index >= 15 is 0 Å². The Morgan fingerprint density at radius 1 is 0.348 bits per heavy atom. The summed E-state index contributed by atoms with van der Waals surface area (Å²) in [5.41, 5.74) is 21.3. The molecule has 4 aliphatic heterocycles. The molecule has 25 heteroatoms. The number of hydrogen-bond donors (Lipinski definition) is 8. The second-order valence-corrected chi connectivity index (χ2v) is 36.4. The van der Waals surface area contributed by atoms with Crippen molar-refractivity contribution in [2.45, 2.75) is 216 Å². The summed E-state index contributed by atoms with van der Waals surface area (Å²) in [7, 11) is 0. The summed E-state index contributed by atoms with van der Waals surface area (Å²) < 4.78 is 27.1. The highest BCUT2D eigenvalue weighted by atomic mass is 35.5. The Labute approximate surface area is 795 Å². The number of alkyl halides is 2. The molecule has 4 heterocycles. The quantitative estimate of drug-likeness (QED) is 0.0315. The van der Waals surface area contributed by atoms with Crippen LogP contribution in [0.3, 0.4) is 0 Å². The molecule has 0 aliphatic carbocycles. The van der Waals surface area contributed by atoms with Crippen molar-refractivity contribution < 1.29 is 56.7 Å². The van der Waals surface area contributed by atoms with Crippen molar-refractivity contribution in [3.63, 3.8) is 0 Å². The van der Waals surface area contributed by atoms with Crippen molar-refractivity contribution in [1.82, 2.24) is 21.3 Å². The standard InChI is InChI=1S/C29H31F2N3O2.C29H31N3O3.C27H28ClN3O2.C25H31N3O3/c1-18-14-27(32-17-21-8-11-24(12-9-21)29(4,30)31)26-16-23(10-13-28(26)34(18)20(3)36)22-6-5-7-25(15-22)33-19(2)35;1-19-16-27(31-29(35)15-12-22-8-5-4-6-9-22)26-18-24(13-14-28(26)32(19)21(3)34)23-10-7-11-25(17-23)30-20(2)33;1-17-13-26(29-16-20-7-10-23(28)11-8-20)25-15-22(9-12-27(25)31(17)19(3)33)21-5-4-6-24(14-21)30-18(2)32;1-15(2)11-25(31)27-23-12-16(3)28(18(5)30)24-10-9-20(14-22(23)24)19-7-6-8-21(13-19)26-17(4)29/h5-13,15-16,18,27,32H,14,17H2,1-4H3,(H,33,35);4-11,13-14,17-19,27H,12,15-16H2,1-3H3,(H,30,33)(H,31,35);4-12,14-15,17,26,29H,13,16H2,1-3H3,(H,30,32);6-10,13-16,23H,11-12H2,1-5H3,(H,26,29)(H,27,31)/t18-,27+;19-,27+;17-,26+;16-,23+/m0000/s1. The Bertz CT molecular complexity index is 6170. The lowest BCUT2D eigenvalue weighted by atomic mass is 9.88. The molecule has 135 heavy (non-hydrogen) atoms. The summed E-state index contributed by atoms with van der Waals surface area (Å²) in [6, 6.07) is 78.9. The third-order valence-electron chi connectivity index (χ3n) is 24.4. The minimum Gasteiger partial charge on any atom is -0.349 e. The van der Waals surface area contributed by atoms with Crippen LogP contribution in [-0.2, 0) is 73.4 Å². The topological polar surface area (TPSA) is 280 Å². The van der Waals surface area contributed by atoms with Crippen LogP contribution in [0, 0.1) is 5.92 Å². The van der Waals surface area contributed by atoms with Gasteiger partial charge in [0.15, 0.2) is 0 Å². The number of nitrogens with zero attached hydrogens (tertiary/aromatic N) is 4. The summed E-state index contributed by atoms with van der Waals surface area (Å²) in [6.45, 7) is 26.6. The second-order valence-electron chi connectivity index (χ2n) is 35.9. The SMILES string of the molecule is CC(=O)Nc1cccc(-c2ccc3c(c2)[C@H](NC(=O)CC(C)C)C[C@H](C)N3C(C)=O)c1.CC(=O)Nc1cccc(-c2ccc3c(c2)[C@H](NC(=O)CCc2ccccc2)C[C@H](C)N3C(C)=O)c1.CC(=O)Nc1cccc(-c2ccc3c(c2)[C@H](NCc2ccc(C(C)(F)F)cc2)C[C@H](C)N3C(C)=O)c1.CC(=O)Nc1cccc(-c2ccc3c(c2)[C@H](NCc2ccc(Cl)cc2)C[C@H](C)N3C(C)=O)c1. The molecule has 11 aromatic rings. The van der Waals surface area contributed by atoms with Crippen LogP contribution in [0.2, 0.25) is 5.02 Å². The lowest BCUT2D eigenvalue weighted by molar-refractivity contribution is -0.123. The van der Waals surface area contributed by atoms with Gasteiger partial charge >= 0.3 is 0 Å². The van der Waals surface area contributed by atoms with Crippen molar-refractivity contribution in [3.05, 3.63) is 298 Å². The van der Waals surface area contributed by atoms with E-state index in [0.717, 1.165) is 142 Å². The highest BCUT2D eigenvalue weighted by molar-refractivity contribution is 6.30. The Morgan fingerprint density at radius 2 is 0.637 bits per heavy atom. The molecule has 0 radical (unpaired) electrons. The molecule has 0 fully saturated rings. The highest BCUT2D eigenvalue weighted by Crippen LogP contribution is 2.46. The van der Waals surface area contributed by atoms with Crippen LogP contribution in [0.1, 0.15) is 211 Å². The van der Waals surface area contributed by atoms with Gasteiger partial charge in [-0.05, 0) is 258 Å². The molecular weight excluding hydrogens is 1720 g/mol.